The van der Waals surface area contributed by atoms with Gasteiger partial charge in [-0.25, -0.2) is 0 Å². The van der Waals surface area contributed by atoms with Crippen molar-refractivity contribution in [3.8, 4) is 0 Å². The summed E-state index contributed by atoms with van der Waals surface area (Å²) < 4.78 is 0. The van der Waals surface area contributed by atoms with Crippen LogP contribution in [0.4, 0.5) is 0 Å². The standard InChI is InChI=1S/C25H31N3O2/c29-23-14-22-15-27(24(30)13-21-9-5-2-6-10-21)19-25(28(22)16-23)17-26(18-25)12-11-20-7-3-1-4-8-20/h1-10,22-23,29H,11-19H2/t22-,23+/m0/s1. The van der Waals surface area contributed by atoms with Crippen molar-refractivity contribution in [1.82, 2.24) is 14.7 Å². The van der Waals surface area contributed by atoms with Crippen molar-refractivity contribution in [2.45, 2.75) is 36.9 Å². The quantitative estimate of drug-likeness (QED) is 0.824. The van der Waals surface area contributed by atoms with Crippen molar-refractivity contribution in [2.24, 2.45) is 0 Å². The zero-order chi connectivity index (χ0) is 20.6. The van der Waals surface area contributed by atoms with E-state index in [4.69, 9.17) is 0 Å². The van der Waals surface area contributed by atoms with Crippen molar-refractivity contribution in [2.75, 3.05) is 39.3 Å². The second kappa shape index (κ2) is 8.14. The van der Waals surface area contributed by atoms with Crippen LogP contribution < -0.4 is 0 Å². The predicted octanol–water partition coefficient (Wildman–Crippen LogP) is 1.80. The van der Waals surface area contributed by atoms with E-state index in [1.165, 1.54) is 5.56 Å². The van der Waals surface area contributed by atoms with E-state index in [9.17, 15) is 9.90 Å². The number of hydrogen-bond donors (Lipinski definition) is 1. The molecule has 2 aromatic carbocycles. The molecule has 0 saturated carbocycles. The molecule has 1 spiro atoms. The molecule has 2 aromatic rings. The van der Waals surface area contributed by atoms with Crippen molar-refractivity contribution in [3.05, 3.63) is 71.8 Å². The number of rotatable bonds is 5. The number of carbonyl (C=O) groups is 1. The molecule has 5 heteroatoms. The summed E-state index contributed by atoms with van der Waals surface area (Å²) >= 11 is 0. The zero-order valence-corrected chi connectivity index (χ0v) is 17.5. The van der Waals surface area contributed by atoms with Crippen LogP contribution in [0.15, 0.2) is 60.7 Å². The van der Waals surface area contributed by atoms with Gasteiger partial charge in [-0.3, -0.25) is 14.6 Å². The highest BCUT2D eigenvalue weighted by atomic mass is 16.3. The van der Waals surface area contributed by atoms with E-state index in [1.54, 1.807) is 0 Å². The van der Waals surface area contributed by atoms with Crippen molar-refractivity contribution < 1.29 is 9.90 Å². The van der Waals surface area contributed by atoms with Gasteiger partial charge < -0.3 is 10.0 Å². The predicted molar refractivity (Wildman–Crippen MR) is 117 cm³/mol. The van der Waals surface area contributed by atoms with Gasteiger partial charge in [0.25, 0.3) is 0 Å². The fraction of sp³-hybridized carbons (Fsp3) is 0.480. The maximum absolute atomic E-state index is 13.1. The average molecular weight is 406 g/mol. The molecule has 3 heterocycles. The summed E-state index contributed by atoms with van der Waals surface area (Å²) in [5.41, 5.74) is 2.45. The molecule has 2 atom stereocenters. The molecule has 1 amide bonds. The van der Waals surface area contributed by atoms with Crippen LogP contribution in [0.5, 0.6) is 0 Å². The molecule has 30 heavy (non-hydrogen) atoms. The monoisotopic (exact) mass is 405 g/mol. The van der Waals surface area contributed by atoms with Crippen molar-refractivity contribution >= 4 is 5.91 Å². The van der Waals surface area contributed by atoms with Gasteiger partial charge in [-0.1, -0.05) is 60.7 Å². The summed E-state index contributed by atoms with van der Waals surface area (Å²) in [7, 11) is 0. The van der Waals surface area contributed by atoms with Gasteiger partial charge >= 0.3 is 0 Å². The van der Waals surface area contributed by atoms with Gasteiger partial charge in [0.2, 0.25) is 5.91 Å². The largest absolute Gasteiger partial charge is 0.392 e. The summed E-state index contributed by atoms with van der Waals surface area (Å²) in [5.74, 6) is 0.212. The van der Waals surface area contributed by atoms with Crippen molar-refractivity contribution in [3.63, 3.8) is 0 Å². The smallest absolute Gasteiger partial charge is 0.227 e. The van der Waals surface area contributed by atoms with Gasteiger partial charge in [0.15, 0.2) is 0 Å². The van der Waals surface area contributed by atoms with E-state index in [0.29, 0.717) is 6.42 Å². The minimum absolute atomic E-state index is 0.00341. The first-order valence-corrected chi connectivity index (χ1v) is 11.1. The van der Waals surface area contributed by atoms with E-state index in [0.717, 1.165) is 57.7 Å². The average Bonchev–Trinajstić information content (AvgIpc) is 3.12. The topological polar surface area (TPSA) is 47.0 Å². The van der Waals surface area contributed by atoms with Crippen LogP contribution in [0.25, 0.3) is 0 Å². The molecule has 0 bridgehead atoms. The van der Waals surface area contributed by atoms with Gasteiger partial charge in [-0.2, -0.15) is 0 Å². The Hall–Kier alpha value is -2.21. The third-order valence-electron chi connectivity index (χ3n) is 7.06. The molecular formula is C25H31N3O2. The Balaban J connectivity index is 1.25. The molecule has 158 valence electrons. The van der Waals surface area contributed by atoms with E-state index < -0.39 is 0 Å². The number of likely N-dealkylation sites (tertiary alicyclic amines) is 1. The lowest BCUT2D eigenvalue weighted by Crippen LogP contribution is -2.78. The number of β-amino-alcohol motifs (C(OH)–C–C–N with tert-alkyl or cyclic N) is 1. The highest BCUT2D eigenvalue weighted by Crippen LogP contribution is 2.39. The third-order valence-corrected chi connectivity index (χ3v) is 7.06. The molecule has 0 unspecified atom stereocenters. The molecule has 5 nitrogen and oxygen atoms in total. The van der Waals surface area contributed by atoms with Crippen LogP contribution in [0.2, 0.25) is 0 Å². The van der Waals surface area contributed by atoms with E-state index in [2.05, 4.69) is 45.0 Å². The number of aliphatic hydroxyl groups is 1. The number of benzene rings is 2. The first kappa shape index (κ1) is 19.7. The molecule has 3 aliphatic heterocycles. The Bertz CT molecular complexity index is 866. The zero-order valence-electron chi connectivity index (χ0n) is 17.5. The number of amides is 1. The van der Waals surface area contributed by atoms with Crippen LogP contribution in [0.1, 0.15) is 17.5 Å². The number of hydrogen-bond acceptors (Lipinski definition) is 4. The Morgan fingerprint density at radius 1 is 0.933 bits per heavy atom. The highest BCUT2D eigenvalue weighted by Gasteiger charge is 2.56. The summed E-state index contributed by atoms with van der Waals surface area (Å²) in [5, 5.41) is 10.3. The lowest BCUT2D eigenvalue weighted by Gasteiger charge is -2.61. The van der Waals surface area contributed by atoms with Crippen LogP contribution in [-0.2, 0) is 17.6 Å². The molecule has 0 radical (unpaired) electrons. The molecule has 0 aromatic heterocycles. The minimum atomic E-state index is -0.269. The first-order chi connectivity index (χ1) is 14.6. The second-order valence-electron chi connectivity index (χ2n) is 9.30. The summed E-state index contributed by atoms with van der Waals surface area (Å²) in [4.78, 5) is 20.2. The highest BCUT2D eigenvalue weighted by molar-refractivity contribution is 5.79. The summed E-state index contributed by atoms with van der Waals surface area (Å²) in [6.07, 6.45) is 2.03. The molecule has 1 N–H and O–H groups in total. The fourth-order valence-corrected chi connectivity index (χ4v) is 5.64. The molecule has 5 rings (SSSR count). The van der Waals surface area contributed by atoms with Gasteiger partial charge in [0, 0.05) is 45.3 Å². The number of aliphatic hydroxyl groups excluding tert-OH is 1. The molecule has 0 aliphatic carbocycles. The summed E-state index contributed by atoms with van der Waals surface area (Å²) in [6, 6.07) is 20.9. The molecular weight excluding hydrogens is 374 g/mol. The Labute approximate surface area is 178 Å². The normalized spacial score (nSPS) is 25.8. The fourth-order valence-electron chi connectivity index (χ4n) is 5.64. The second-order valence-corrected chi connectivity index (χ2v) is 9.30. The van der Waals surface area contributed by atoms with E-state index >= 15 is 0 Å². The molecule has 3 fully saturated rings. The SMILES string of the molecule is O=C(Cc1ccccc1)N1C[C@@H]2C[C@@H](O)CN2C2(CN(CCc3ccccc3)C2)C1. The number of piperazine rings is 1. The van der Waals surface area contributed by atoms with E-state index in [-0.39, 0.29) is 23.6 Å². The van der Waals surface area contributed by atoms with Gasteiger partial charge in [-0.05, 0) is 24.0 Å². The van der Waals surface area contributed by atoms with Gasteiger partial charge in [0.05, 0.1) is 18.1 Å². The van der Waals surface area contributed by atoms with Crippen LogP contribution in [0, 0.1) is 0 Å². The Morgan fingerprint density at radius 3 is 2.30 bits per heavy atom. The van der Waals surface area contributed by atoms with Gasteiger partial charge in [0.1, 0.15) is 0 Å². The maximum Gasteiger partial charge on any atom is 0.227 e. The lowest BCUT2D eigenvalue weighted by molar-refractivity contribution is -0.149. The molecule has 3 aliphatic rings. The maximum atomic E-state index is 13.1. The van der Waals surface area contributed by atoms with Crippen LogP contribution >= 0.6 is 0 Å². The number of carbonyl (C=O) groups excluding carboxylic acids is 1. The van der Waals surface area contributed by atoms with Gasteiger partial charge in [-0.15, -0.1) is 0 Å². The minimum Gasteiger partial charge on any atom is -0.392 e. The first-order valence-electron chi connectivity index (χ1n) is 11.1. The Kier molecular flexibility index (Phi) is 5.35. The van der Waals surface area contributed by atoms with Crippen molar-refractivity contribution in [1.29, 1.82) is 0 Å². The van der Waals surface area contributed by atoms with E-state index in [1.807, 2.05) is 30.3 Å². The number of fused-ring (bicyclic) bond motifs is 2. The Morgan fingerprint density at radius 2 is 1.60 bits per heavy atom. The lowest BCUT2D eigenvalue weighted by atomic mass is 9.83. The number of nitrogens with zero attached hydrogens (tertiary/aromatic N) is 3. The third kappa shape index (κ3) is 3.89. The summed E-state index contributed by atoms with van der Waals surface area (Å²) in [6.45, 7) is 5.29. The van der Waals surface area contributed by atoms with Crippen LogP contribution in [0.3, 0.4) is 0 Å². The molecule has 3 saturated heterocycles. The van der Waals surface area contributed by atoms with Crippen LogP contribution in [-0.4, -0.2) is 82.7 Å².